The summed E-state index contributed by atoms with van der Waals surface area (Å²) >= 11 is 2.28. The molecule has 0 aromatic rings. The van der Waals surface area contributed by atoms with E-state index in [0.717, 1.165) is 36.8 Å². The van der Waals surface area contributed by atoms with E-state index >= 15 is 0 Å². The number of carbonyl (C=O) groups is 1. The van der Waals surface area contributed by atoms with Crippen molar-refractivity contribution in [1.82, 2.24) is 0 Å². The van der Waals surface area contributed by atoms with Gasteiger partial charge in [0, 0.05) is 51.4 Å². The van der Waals surface area contributed by atoms with E-state index in [2.05, 4.69) is 49.6 Å². The number of esters is 1. The predicted octanol–water partition coefficient (Wildman–Crippen LogP) is 4.30. The van der Waals surface area contributed by atoms with Crippen LogP contribution in [-0.2, 0) is 75.8 Å². The van der Waals surface area contributed by atoms with Gasteiger partial charge in [0.1, 0.15) is 48.8 Å². The normalized spacial score (nSPS) is 55.3. The zero-order chi connectivity index (χ0) is 52.9. The SMILES string of the molecule is C=C1C[C@@H]2CC[C@]34CC(O)(O)C(O3)[C@@H]3O[C@H]5CC[C@H](CC(=O)O[C@@H]6CC7O[C@@H]8C[C@]9(C[C@@H]%10O[C@@]%11(CC[C@@H]%10O9)C[C@H](C)[C@@H]9O[C@H]([C@@H](O)CCN)C[C@@H]9O%11)O[C@@H]8O[C@@H]7O[C@H]6C[C@H]6O[C@@H](CC[C@@H]1O2)C[C@@H](C)C6=C)O[C@@H]5[C@H](O4)[C@@H]3I. The molecule has 430 valence electrons. The fraction of sp³-hybridized carbons (Fsp3) is 0.911. The van der Waals surface area contributed by atoms with Crippen LogP contribution in [0.1, 0.15) is 136 Å². The molecule has 0 saturated carbocycles. The molecule has 20 nitrogen and oxygen atoms in total. The first kappa shape index (κ1) is 53.9. The number of ether oxygens (including phenoxy) is 15. The van der Waals surface area contributed by atoms with Crippen LogP contribution in [0.25, 0.3) is 0 Å². The number of halogens is 1. The lowest BCUT2D eigenvalue weighted by molar-refractivity contribution is -0.383. The van der Waals surface area contributed by atoms with E-state index in [4.69, 9.17) is 76.8 Å². The fourth-order valence-electron chi connectivity index (χ4n) is 16.3. The minimum Gasteiger partial charge on any atom is -0.459 e. The van der Waals surface area contributed by atoms with Crippen molar-refractivity contribution in [3.8, 4) is 0 Å². The van der Waals surface area contributed by atoms with Gasteiger partial charge in [-0.05, 0) is 87.3 Å². The maximum absolute atomic E-state index is 14.4. The van der Waals surface area contributed by atoms with Gasteiger partial charge in [-0.3, -0.25) is 4.79 Å². The van der Waals surface area contributed by atoms with Gasteiger partial charge in [-0.15, -0.1) is 0 Å². The lowest BCUT2D eigenvalue weighted by Crippen LogP contribution is -2.65. The van der Waals surface area contributed by atoms with E-state index in [0.29, 0.717) is 90.0 Å². The highest BCUT2D eigenvalue weighted by Gasteiger charge is 2.68. The third-order valence-corrected chi connectivity index (χ3v) is 21.5. The summed E-state index contributed by atoms with van der Waals surface area (Å²) in [5.74, 6) is -5.33. The van der Waals surface area contributed by atoms with Crippen LogP contribution in [0.15, 0.2) is 24.3 Å². The monoisotopic (exact) mass is 1200 g/mol. The van der Waals surface area contributed by atoms with Crippen LogP contribution in [0.5, 0.6) is 0 Å². The van der Waals surface area contributed by atoms with Gasteiger partial charge in [-0.1, -0.05) is 49.6 Å². The molecular formula is C56H80INO19. The summed E-state index contributed by atoms with van der Waals surface area (Å²) in [6, 6.07) is 0. The summed E-state index contributed by atoms with van der Waals surface area (Å²) in [7, 11) is 0. The molecule has 0 aliphatic carbocycles. The van der Waals surface area contributed by atoms with Crippen molar-refractivity contribution in [1.29, 1.82) is 0 Å². The molecule has 14 fully saturated rings. The van der Waals surface area contributed by atoms with Gasteiger partial charge < -0.3 is 92.1 Å². The Labute approximate surface area is 463 Å². The standard InChI is InChI=1S/C56H80INO19/c1-25-15-29-5-7-33-26(2)16-31(63-33)9-12-54-24-56(61,62)50(76-54)49-45(57)48(75-54)47-35(68-49)8-6-30(65-47)17-44(60)67-38-20-41-51(70-39(38)18-36(64-29)28(25)4)71-52-43(66-41)23-55(77-52)22-42-34(72-55)10-13-53(74-42)21-27(3)46-40(73-53)19-37(69-46)32(59)11-14-58/h25,27,29-43,45-52,59,61-62H,2,4-24,58H2,1,3H3/t25-,27+,29+,30-,31+,32+,33+,34+,35+,36-,37+,38-,39+,40+,41?,42+,43-,45+,46+,47+,48-,49-,50?,51+,52+,53+,54-,55+/m1/s1. The zero-order valence-electron chi connectivity index (χ0n) is 44.3. The third-order valence-electron chi connectivity index (χ3n) is 20.1. The molecule has 28 atom stereocenters. The van der Waals surface area contributed by atoms with Gasteiger partial charge in [0.15, 0.2) is 35.7 Å². The summed E-state index contributed by atoms with van der Waals surface area (Å²) in [6.07, 6.45) is -0.393. The van der Waals surface area contributed by atoms with Gasteiger partial charge in [-0.2, -0.15) is 0 Å². The molecule has 0 aromatic carbocycles. The van der Waals surface area contributed by atoms with E-state index in [-0.39, 0.29) is 83.5 Å². The Kier molecular flexibility index (Phi) is 14.3. The first-order valence-corrected chi connectivity index (χ1v) is 30.5. The first-order valence-electron chi connectivity index (χ1n) is 29.2. The minimum absolute atomic E-state index is 0.00206. The fourth-order valence-corrected chi connectivity index (χ4v) is 17.5. The summed E-state index contributed by atoms with van der Waals surface area (Å²) in [5.41, 5.74) is 7.76. The van der Waals surface area contributed by atoms with Crippen LogP contribution in [0.3, 0.4) is 0 Å². The quantitative estimate of drug-likeness (QED) is 0.101. The summed E-state index contributed by atoms with van der Waals surface area (Å²) < 4.78 is 101. The number of nitrogens with two attached hydrogens (primary N) is 1. The molecule has 0 radical (unpaired) electrons. The molecular weight excluding hydrogens is 1120 g/mol. The number of aliphatic hydroxyl groups is 3. The van der Waals surface area contributed by atoms with Crippen LogP contribution < -0.4 is 5.73 Å². The molecule has 21 heteroatoms. The lowest BCUT2D eigenvalue weighted by Gasteiger charge is -2.50. The molecule has 0 amide bonds. The van der Waals surface area contributed by atoms with Crippen molar-refractivity contribution in [2.45, 2.75) is 298 Å². The van der Waals surface area contributed by atoms with E-state index in [1.807, 2.05) is 0 Å². The summed E-state index contributed by atoms with van der Waals surface area (Å²) in [4.78, 5) is 14.4. The van der Waals surface area contributed by atoms with Crippen LogP contribution in [0.2, 0.25) is 0 Å². The Balaban J connectivity index is 0.681. The van der Waals surface area contributed by atoms with E-state index in [1.54, 1.807) is 0 Å². The van der Waals surface area contributed by atoms with E-state index < -0.39 is 109 Å². The van der Waals surface area contributed by atoms with Crippen LogP contribution in [0, 0.1) is 11.8 Å². The van der Waals surface area contributed by atoms with Crippen molar-refractivity contribution in [3.05, 3.63) is 24.3 Å². The van der Waals surface area contributed by atoms with Gasteiger partial charge in [-0.25, -0.2) is 0 Å². The van der Waals surface area contributed by atoms with Crippen molar-refractivity contribution < 1.29 is 91.2 Å². The molecule has 3 spiro atoms. The van der Waals surface area contributed by atoms with Crippen molar-refractivity contribution in [3.63, 3.8) is 0 Å². The Morgan fingerprint density at radius 3 is 2.25 bits per heavy atom. The highest BCUT2D eigenvalue weighted by atomic mass is 127. The number of carbonyl (C=O) groups excluding carboxylic acids is 1. The molecule has 10 bridgehead atoms. The number of aliphatic hydroxyl groups excluding tert-OH is 1. The second-order valence-electron chi connectivity index (χ2n) is 25.7. The number of hydrogen-bond donors (Lipinski definition) is 4. The number of alkyl halides is 1. The molecule has 77 heavy (non-hydrogen) atoms. The number of rotatable bonds is 3. The molecule has 2 unspecified atom stereocenters. The largest absolute Gasteiger partial charge is 0.459 e. The number of hydrogen-bond acceptors (Lipinski definition) is 20. The van der Waals surface area contributed by atoms with Gasteiger partial charge >= 0.3 is 5.97 Å². The Morgan fingerprint density at radius 1 is 0.610 bits per heavy atom. The first-order chi connectivity index (χ1) is 36.9. The Bertz CT molecular complexity index is 2260. The van der Waals surface area contributed by atoms with E-state index in [9.17, 15) is 20.1 Å². The summed E-state index contributed by atoms with van der Waals surface area (Å²) in [6.45, 7) is 13.7. The molecule has 14 saturated heterocycles. The minimum atomic E-state index is -2.15. The van der Waals surface area contributed by atoms with Gasteiger partial charge in [0.25, 0.3) is 0 Å². The van der Waals surface area contributed by atoms with Crippen molar-refractivity contribution in [2.24, 2.45) is 17.6 Å². The highest BCUT2D eigenvalue weighted by molar-refractivity contribution is 14.1. The number of fused-ring (bicyclic) bond motifs is 13. The molecule has 5 N–H and O–H groups in total. The second kappa shape index (κ2) is 20.3. The predicted molar refractivity (Wildman–Crippen MR) is 273 cm³/mol. The maximum Gasteiger partial charge on any atom is 0.308 e. The molecule has 14 aliphatic rings. The van der Waals surface area contributed by atoms with E-state index in [1.165, 1.54) is 0 Å². The molecule has 14 rings (SSSR count). The molecule has 14 aliphatic heterocycles. The van der Waals surface area contributed by atoms with Gasteiger partial charge in [0.05, 0.1) is 90.0 Å². The van der Waals surface area contributed by atoms with Crippen LogP contribution >= 0.6 is 22.6 Å². The zero-order valence-corrected chi connectivity index (χ0v) is 46.5. The molecule has 14 heterocycles. The van der Waals surface area contributed by atoms with Crippen LogP contribution in [0.4, 0.5) is 0 Å². The van der Waals surface area contributed by atoms with Crippen molar-refractivity contribution in [2.75, 3.05) is 6.54 Å². The van der Waals surface area contributed by atoms with Crippen molar-refractivity contribution >= 4 is 28.6 Å². The Hall–Kier alpha value is -1.04. The lowest BCUT2D eigenvalue weighted by atomic mass is 9.83. The smallest absolute Gasteiger partial charge is 0.308 e. The molecule has 0 aromatic heterocycles. The third kappa shape index (κ3) is 9.88. The van der Waals surface area contributed by atoms with Crippen LogP contribution in [-0.4, -0.2) is 190 Å². The second-order valence-corrected chi connectivity index (χ2v) is 27.1. The topological polar surface area (TPSA) is 242 Å². The average molecular weight is 1200 g/mol. The summed E-state index contributed by atoms with van der Waals surface area (Å²) in [5, 5.41) is 33.6. The highest BCUT2D eigenvalue weighted by Crippen LogP contribution is 2.56. The maximum atomic E-state index is 14.4. The Morgan fingerprint density at radius 2 is 1.39 bits per heavy atom. The van der Waals surface area contributed by atoms with Gasteiger partial charge in [0.2, 0.25) is 0 Å². The average Bonchev–Trinajstić information content (AvgIpc) is 4.41.